The van der Waals surface area contributed by atoms with E-state index < -0.39 is 156 Å². The second-order valence-electron chi connectivity index (χ2n) is 29.3. The Balaban J connectivity index is 2.41. The summed E-state index contributed by atoms with van der Waals surface area (Å²) in [6.45, 7) is 31.4. The molecule has 102 heavy (non-hydrogen) atoms. The molecule has 3 saturated heterocycles. The second kappa shape index (κ2) is 43.7. The quantitative estimate of drug-likeness (QED) is 0.0725. The molecule has 11 atom stereocenters. The van der Waals surface area contributed by atoms with Crippen LogP contribution in [0.3, 0.4) is 0 Å². The topological polar surface area (TPSA) is 321 Å². The van der Waals surface area contributed by atoms with E-state index in [-0.39, 0.29) is 76.0 Å². The number of unbranched alkanes of at least 4 members (excludes halogenated alkanes) is 1. The molecular formula is C74H127N13O15. The number of aliphatic hydroxyl groups is 1. The van der Waals surface area contributed by atoms with E-state index in [1.807, 2.05) is 48.5 Å². The van der Waals surface area contributed by atoms with Crippen molar-refractivity contribution in [3.05, 3.63) is 37.0 Å². The van der Waals surface area contributed by atoms with Crippen LogP contribution < -0.4 is 21.3 Å². The third kappa shape index (κ3) is 26.1. The van der Waals surface area contributed by atoms with E-state index in [0.717, 1.165) is 11.3 Å². The largest absolute Gasteiger partial charge is 0.391 e. The fraction of sp³-hybridized carbons (Fsp3) is 0.757. The number of carbonyl (C=O) groups excluding carboxylic acids is 12. The van der Waals surface area contributed by atoms with Crippen LogP contribution in [0, 0.1) is 23.7 Å². The van der Waals surface area contributed by atoms with Gasteiger partial charge in [-0.25, -0.2) is 0 Å². The maximum atomic E-state index is 15.4. The number of nitrogens with zero attached hydrogens (tertiary/aromatic N) is 9. The third-order valence-electron chi connectivity index (χ3n) is 19.6. The summed E-state index contributed by atoms with van der Waals surface area (Å²) in [7, 11) is 8.43. The highest BCUT2D eigenvalue weighted by Crippen LogP contribution is 2.24. The highest BCUT2D eigenvalue weighted by molar-refractivity contribution is 6.00. The zero-order valence-corrected chi connectivity index (χ0v) is 64.8. The molecule has 0 aliphatic carbocycles. The SMILES string of the molecule is C=C/C=C(\C=C)C[C@H]1C(=O)N(C)[C@@H](CC(C)C)C(=O)N[C@@H](C(C)O)C(=O)N(CCCC)CC(=O)N(C)[C@@H](CC(C)C)C(=O)NC(C(=O)N2CCCCC2)CC(=O)N(C)[C@@H](CC)C(=O)NC(COCCN2CCOCC2)C(=O)N(C)[C@@H](CC(C)C)C(=O)N(C)[C@@H](CC)C(=O)NC(C(C)C)C(=O)N1C. The zero-order valence-electron chi connectivity index (χ0n) is 64.8. The number of carbonyl (C=O) groups is 12. The summed E-state index contributed by atoms with van der Waals surface area (Å²) in [5.41, 5.74) is 0.487. The van der Waals surface area contributed by atoms with Crippen molar-refractivity contribution in [2.75, 3.05) is 115 Å². The first-order valence-corrected chi connectivity index (χ1v) is 36.9. The first kappa shape index (κ1) is 88.9. The lowest BCUT2D eigenvalue weighted by molar-refractivity contribution is -0.152. The lowest BCUT2D eigenvalue weighted by atomic mass is 9.96. The van der Waals surface area contributed by atoms with Gasteiger partial charge in [0, 0.05) is 88.0 Å². The van der Waals surface area contributed by atoms with Gasteiger partial charge in [-0.15, -0.1) is 0 Å². The van der Waals surface area contributed by atoms with E-state index in [9.17, 15) is 38.7 Å². The van der Waals surface area contributed by atoms with Crippen molar-refractivity contribution in [3.63, 3.8) is 0 Å². The normalized spacial score (nSPS) is 26.1. The lowest BCUT2D eigenvalue weighted by Crippen LogP contribution is -2.62. The Kier molecular flexibility index (Phi) is 38.1. The molecule has 578 valence electrons. The molecule has 0 spiro atoms. The average Bonchev–Trinajstić information content (AvgIpc) is 0.822. The summed E-state index contributed by atoms with van der Waals surface area (Å²) in [5, 5.41) is 22.7. The second-order valence-corrected chi connectivity index (χ2v) is 29.3. The summed E-state index contributed by atoms with van der Waals surface area (Å²) >= 11 is 0. The molecule has 0 aromatic heterocycles. The van der Waals surface area contributed by atoms with Crippen molar-refractivity contribution in [1.29, 1.82) is 0 Å². The summed E-state index contributed by atoms with van der Waals surface area (Å²) < 4.78 is 11.7. The van der Waals surface area contributed by atoms with Gasteiger partial charge in [-0.1, -0.05) is 114 Å². The van der Waals surface area contributed by atoms with Crippen molar-refractivity contribution >= 4 is 70.9 Å². The molecule has 3 aliphatic heterocycles. The van der Waals surface area contributed by atoms with Crippen molar-refractivity contribution < 1.29 is 72.1 Å². The van der Waals surface area contributed by atoms with Crippen molar-refractivity contribution in [3.8, 4) is 0 Å². The van der Waals surface area contributed by atoms with Crippen LogP contribution in [-0.4, -0.2) is 301 Å². The molecule has 28 nitrogen and oxygen atoms in total. The number of ether oxygens (including phenoxy) is 2. The number of aliphatic hydroxyl groups excluding tert-OH is 1. The highest BCUT2D eigenvalue weighted by atomic mass is 16.5. The molecule has 0 bridgehead atoms. The van der Waals surface area contributed by atoms with Gasteiger partial charge in [-0.05, 0) is 94.0 Å². The summed E-state index contributed by atoms with van der Waals surface area (Å²) in [5.74, 6) is -9.96. The van der Waals surface area contributed by atoms with Crippen LogP contribution in [0.25, 0.3) is 0 Å². The maximum Gasteiger partial charge on any atom is 0.248 e. The first-order valence-electron chi connectivity index (χ1n) is 36.9. The van der Waals surface area contributed by atoms with Crippen LogP contribution in [0.4, 0.5) is 0 Å². The van der Waals surface area contributed by atoms with Gasteiger partial charge in [0.15, 0.2) is 0 Å². The number of piperidine rings is 1. The number of rotatable bonds is 23. The summed E-state index contributed by atoms with van der Waals surface area (Å²) in [6, 6.07) is -13.6. The van der Waals surface area contributed by atoms with Gasteiger partial charge in [-0.3, -0.25) is 62.4 Å². The predicted molar refractivity (Wildman–Crippen MR) is 390 cm³/mol. The van der Waals surface area contributed by atoms with E-state index in [2.05, 4.69) is 39.3 Å². The van der Waals surface area contributed by atoms with E-state index in [0.29, 0.717) is 77.2 Å². The Morgan fingerprint density at radius 1 is 0.559 bits per heavy atom. The number of hydrogen-bond acceptors (Lipinski definition) is 16. The van der Waals surface area contributed by atoms with Crippen LogP contribution in [0.1, 0.15) is 160 Å². The minimum atomic E-state index is -1.67. The molecule has 0 aromatic carbocycles. The first-order chi connectivity index (χ1) is 48.0. The Morgan fingerprint density at radius 3 is 1.57 bits per heavy atom. The Morgan fingerprint density at radius 2 is 1.04 bits per heavy atom. The highest BCUT2D eigenvalue weighted by Gasteiger charge is 2.44. The van der Waals surface area contributed by atoms with E-state index in [4.69, 9.17) is 9.47 Å². The smallest absolute Gasteiger partial charge is 0.248 e. The van der Waals surface area contributed by atoms with Crippen LogP contribution >= 0.6 is 0 Å². The van der Waals surface area contributed by atoms with Gasteiger partial charge in [0.1, 0.15) is 60.4 Å². The Labute approximate surface area is 607 Å². The molecule has 3 heterocycles. The molecule has 3 fully saturated rings. The summed E-state index contributed by atoms with van der Waals surface area (Å²) in [4.78, 5) is 192. The molecule has 0 aromatic rings. The van der Waals surface area contributed by atoms with E-state index in [1.165, 1.54) is 90.8 Å². The third-order valence-corrected chi connectivity index (χ3v) is 19.6. The van der Waals surface area contributed by atoms with Crippen LogP contribution in [0.15, 0.2) is 37.0 Å². The van der Waals surface area contributed by atoms with Crippen LogP contribution in [0.2, 0.25) is 0 Å². The lowest BCUT2D eigenvalue weighted by Gasteiger charge is -2.38. The van der Waals surface area contributed by atoms with Gasteiger partial charge in [0.25, 0.3) is 0 Å². The fourth-order valence-electron chi connectivity index (χ4n) is 13.1. The number of nitrogens with one attached hydrogen (secondary N) is 4. The molecule has 12 amide bonds. The maximum absolute atomic E-state index is 15.4. The van der Waals surface area contributed by atoms with Crippen LogP contribution in [-0.2, 0) is 67.0 Å². The number of amides is 12. The molecule has 4 unspecified atom stereocenters. The molecule has 28 heteroatoms. The molecular weight excluding hydrogens is 1310 g/mol. The number of allylic oxidation sites excluding steroid dienone is 3. The molecule has 3 rings (SSSR count). The number of hydrogen-bond donors (Lipinski definition) is 5. The van der Waals surface area contributed by atoms with Gasteiger partial charge < -0.3 is 75.0 Å². The standard InChI is InChI=1S/C74H127N13O15/c1-21-26-31-87-45-62(90)80(16)57(40-47(6)7)67(93)75-53(70(96)86-32-28-27-29-33-86)44-61(89)79(15)55(24-4)65(91)76-54(46-102-39-36-85-34-37-101-38-35-85)69(95)83(19)59(42-49(10)11)71(97)81(17)56(25-5)66(92)77-63(50(12)13)73(99)84(20)60(43-52(23-3)30-22-2)72(98)82(18)58(41-48(8)9)68(94)78-64(51(14)88)74(87)100/h22-23,30,47-51,53-60,63-64,88H,2-3,21,24-29,31-46H2,1,4-20H3,(H,75,93)(H,76,91)(H,77,92)(H,78,94)/b52-30+/t51?,53?,54?,55-,56-,57-,58-,59-,60-,63?,64-/m0/s1. The molecule has 0 radical (unpaired) electrons. The van der Waals surface area contributed by atoms with Crippen molar-refractivity contribution in [2.45, 2.75) is 227 Å². The van der Waals surface area contributed by atoms with Gasteiger partial charge in [0.2, 0.25) is 70.9 Å². The van der Waals surface area contributed by atoms with Crippen molar-refractivity contribution in [2.24, 2.45) is 23.7 Å². The number of likely N-dealkylation sites (tertiary alicyclic amines) is 1. The van der Waals surface area contributed by atoms with E-state index >= 15 is 24.0 Å². The predicted octanol–water partition coefficient (Wildman–Crippen LogP) is 2.96. The summed E-state index contributed by atoms with van der Waals surface area (Å²) in [6.07, 6.45) is 5.68. The number of likely N-dealkylation sites (N-methyl/N-ethyl adjacent to an activating group) is 6. The van der Waals surface area contributed by atoms with Crippen LogP contribution in [0.5, 0.6) is 0 Å². The minimum Gasteiger partial charge on any atom is -0.391 e. The van der Waals surface area contributed by atoms with Gasteiger partial charge in [0.05, 0.1) is 45.5 Å². The number of morpholine rings is 1. The van der Waals surface area contributed by atoms with Crippen molar-refractivity contribution in [1.82, 2.24) is 65.4 Å². The minimum absolute atomic E-state index is 0.0165. The Bertz CT molecular complexity index is 2860. The van der Waals surface area contributed by atoms with E-state index in [1.54, 1.807) is 38.7 Å². The fourth-order valence-corrected chi connectivity index (χ4v) is 13.1. The molecule has 3 aliphatic rings. The monoisotopic (exact) mass is 1440 g/mol. The Hall–Kier alpha value is -7.30. The molecule has 0 saturated carbocycles. The average molecular weight is 1440 g/mol. The zero-order chi connectivity index (χ0) is 77.0. The van der Waals surface area contributed by atoms with Gasteiger partial charge in [-0.2, -0.15) is 0 Å². The van der Waals surface area contributed by atoms with Gasteiger partial charge >= 0.3 is 0 Å². The molecule has 5 N–H and O–H groups in total.